The van der Waals surface area contributed by atoms with Crippen LogP contribution in [0.3, 0.4) is 0 Å². The van der Waals surface area contributed by atoms with Crippen molar-refractivity contribution in [3.8, 4) is 0 Å². The van der Waals surface area contributed by atoms with Gasteiger partial charge in [-0.05, 0) is 32.8 Å². The van der Waals surface area contributed by atoms with Gasteiger partial charge in [0.05, 0.1) is 18.8 Å². The number of carbonyl (C=O) groups excluding carboxylic acids is 3. The van der Waals surface area contributed by atoms with Crippen LogP contribution >= 0.6 is 11.3 Å². The molecule has 0 radical (unpaired) electrons. The van der Waals surface area contributed by atoms with E-state index >= 15 is 0 Å². The SMILES string of the molecule is CCCn1c(N)c(N(C)C)c(=O)n(CC(=O)Nc2sc(C(=O)OCC)c(C)c2C(=O)OCC)c1=O. The Hall–Kier alpha value is -3.61. The molecule has 2 aromatic rings. The Kier molecular flexibility index (Phi) is 9.23. The Morgan fingerprint density at radius 1 is 1.03 bits per heavy atom. The molecule has 35 heavy (non-hydrogen) atoms. The molecule has 0 spiro atoms. The Bertz CT molecular complexity index is 1240. The van der Waals surface area contributed by atoms with Crippen LogP contribution < -0.4 is 27.2 Å². The van der Waals surface area contributed by atoms with E-state index in [1.807, 2.05) is 6.92 Å². The van der Waals surface area contributed by atoms with Crippen molar-refractivity contribution in [2.75, 3.05) is 43.3 Å². The fourth-order valence-corrected chi connectivity index (χ4v) is 4.56. The lowest BCUT2D eigenvalue weighted by Gasteiger charge is -2.20. The number of hydrogen-bond donors (Lipinski definition) is 2. The largest absolute Gasteiger partial charge is 0.462 e. The van der Waals surface area contributed by atoms with Gasteiger partial charge in [0.2, 0.25) is 5.91 Å². The summed E-state index contributed by atoms with van der Waals surface area (Å²) in [6, 6.07) is 0. The van der Waals surface area contributed by atoms with E-state index in [4.69, 9.17) is 15.2 Å². The maximum atomic E-state index is 13.0. The topological polar surface area (TPSA) is 155 Å². The van der Waals surface area contributed by atoms with Gasteiger partial charge in [0.15, 0.2) is 0 Å². The van der Waals surface area contributed by atoms with E-state index in [0.717, 1.165) is 15.9 Å². The summed E-state index contributed by atoms with van der Waals surface area (Å²) < 4.78 is 12.1. The number of aromatic nitrogens is 2. The number of nitrogen functional groups attached to an aromatic ring is 1. The minimum absolute atomic E-state index is 0.00952. The molecule has 192 valence electrons. The lowest BCUT2D eigenvalue weighted by atomic mass is 10.1. The van der Waals surface area contributed by atoms with E-state index in [9.17, 15) is 24.0 Å². The molecule has 0 bridgehead atoms. The zero-order valence-corrected chi connectivity index (χ0v) is 21.5. The number of rotatable bonds is 10. The third-order valence-corrected chi connectivity index (χ3v) is 6.17. The van der Waals surface area contributed by atoms with Gasteiger partial charge in [0, 0.05) is 20.6 Å². The highest BCUT2D eigenvalue weighted by Crippen LogP contribution is 2.34. The number of amides is 1. The molecule has 2 heterocycles. The second kappa shape index (κ2) is 11.7. The lowest BCUT2D eigenvalue weighted by Crippen LogP contribution is -2.45. The molecule has 12 nitrogen and oxygen atoms in total. The minimum Gasteiger partial charge on any atom is -0.462 e. The fourth-order valence-electron chi connectivity index (χ4n) is 3.45. The van der Waals surface area contributed by atoms with Crippen LogP contribution in [0.25, 0.3) is 0 Å². The number of nitrogens with one attached hydrogen (secondary N) is 1. The van der Waals surface area contributed by atoms with E-state index in [1.165, 1.54) is 9.47 Å². The molecule has 0 aliphatic rings. The fraction of sp³-hybridized carbons (Fsp3) is 0.500. The van der Waals surface area contributed by atoms with Crippen LogP contribution in [0, 0.1) is 6.92 Å². The van der Waals surface area contributed by atoms with Crippen LogP contribution in [0.4, 0.5) is 16.5 Å². The highest BCUT2D eigenvalue weighted by molar-refractivity contribution is 7.18. The molecule has 2 aromatic heterocycles. The summed E-state index contributed by atoms with van der Waals surface area (Å²) in [6.07, 6.45) is 0.579. The Labute approximate surface area is 206 Å². The second-order valence-electron chi connectivity index (χ2n) is 7.70. The van der Waals surface area contributed by atoms with Crippen molar-refractivity contribution in [3.05, 3.63) is 36.8 Å². The van der Waals surface area contributed by atoms with Crippen LogP contribution in [0.15, 0.2) is 9.59 Å². The third kappa shape index (κ3) is 5.73. The van der Waals surface area contributed by atoms with Crippen molar-refractivity contribution in [1.29, 1.82) is 0 Å². The standard InChI is InChI=1S/C22H31N5O7S/c1-7-10-26-17(23)15(25(5)6)19(29)27(22(26)32)11-13(28)24-18-14(20(30)33-8-2)12(4)16(35-18)21(31)34-9-3/h7-11,23H2,1-6H3,(H,24,28). The van der Waals surface area contributed by atoms with E-state index in [0.29, 0.717) is 12.0 Å². The normalized spacial score (nSPS) is 10.7. The average molecular weight is 510 g/mol. The summed E-state index contributed by atoms with van der Waals surface area (Å²) in [5.41, 5.74) is 5.00. The first-order valence-electron chi connectivity index (χ1n) is 11.1. The lowest BCUT2D eigenvalue weighted by molar-refractivity contribution is -0.116. The summed E-state index contributed by atoms with van der Waals surface area (Å²) in [6.45, 7) is 6.51. The number of hydrogen-bond acceptors (Lipinski definition) is 10. The number of carbonyl (C=O) groups is 3. The number of ether oxygens (including phenoxy) is 2. The van der Waals surface area contributed by atoms with Crippen LogP contribution in [-0.4, -0.2) is 54.3 Å². The van der Waals surface area contributed by atoms with Gasteiger partial charge in [-0.15, -0.1) is 11.3 Å². The molecule has 0 saturated carbocycles. The Morgan fingerprint density at radius 2 is 1.63 bits per heavy atom. The van der Waals surface area contributed by atoms with Gasteiger partial charge < -0.3 is 25.4 Å². The Balaban J connectivity index is 2.52. The summed E-state index contributed by atoms with van der Waals surface area (Å²) in [5.74, 6) is -2.10. The molecule has 0 unspecified atom stereocenters. The molecular weight excluding hydrogens is 478 g/mol. The molecule has 1 amide bonds. The zero-order valence-electron chi connectivity index (χ0n) is 20.7. The maximum absolute atomic E-state index is 13.0. The van der Waals surface area contributed by atoms with Crippen molar-refractivity contribution in [3.63, 3.8) is 0 Å². The molecule has 13 heteroatoms. The third-order valence-electron chi connectivity index (χ3n) is 4.98. The van der Waals surface area contributed by atoms with Crippen molar-refractivity contribution in [2.24, 2.45) is 0 Å². The predicted molar refractivity (Wildman–Crippen MR) is 134 cm³/mol. The smallest absolute Gasteiger partial charge is 0.348 e. The summed E-state index contributed by atoms with van der Waals surface area (Å²) in [7, 11) is 3.21. The van der Waals surface area contributed by atoms with Crippen LogP contribution in [0.2, 0.25) is 0 Å². The Morgan fingerprint density at radius 3 is 2.17 bits per heavy atom. The number of nitrogens with zero attached hydrogens (tertiary/aromatic N) is 3. The van der Waals surface area contributed by atoms with Gasteiger partial charge in [-0.25, -0.2) is 19.0 Å². The zero-order chi connectivity index (χ0) is 26.4. The average Bonchev–Trinajstić information content (AvgIpc) is 3.10. The van der Waals surface area contributed by atoms with E-state index < -0.39 is 35.6 Å². The van der Waals surface area contributed by atoms with E-state index in [2.05, 4.69) is 5.32 Å². The van der Waals surface area contributed by atoms with Gasteiger partial charge in [0.1, 0.15) is 27.9 Å². The first-order chi connectivity index (χ1) is 16.5. The molecule has 0 saturated heterocycles. The highest BCUT2D eigenvalue weighted by atomic mass is 32.1. The first-order valence-corrected chi connectivity index (χ1v) is 11.9. The molecule has 0 aliphatic heterocycles. The molecule has 0 aromatic carbocycles. The van der Waals surface area contributed by atoms with Gasteiger partial charge >= 0.3 is 17.6 Å². The number of esters is 2. The quantitative estimate of drug-likeness (QED) is 0.452. The molecule has 0 atom stereocenters. The van der Waals surface area contributed by atoms with Crippen molar-refractivity contribution < 1.29 is 23.9 Å². The van der Waals surface area contributed by atoms with Gasteiger partial charge in [0.25, 0.3) is 5.56 Å². The van der Waals surface area contributed by atoms with Crippen LogP contribution in [-0.2, 0) is 27.4 Å². The van der Waals surface area contributed by atoms with E-state index in [1.54, 1.807) is 34.9 Å². The highest BCUT2D eigenvalue weighted by Gasteiger charge is 2.28. The van der Waals surface area contributed by atoms with Crippen LogP contribution in [0.5, 0.6) is 0 Å². The summed E-state index contributed by atoms with van der Waals surface area (Å²) >= 11 is 0.851. The summed E-state index contributed by atoms with van der Waals surface area (Å²) in [4.78, 5) is 65.4. The predicted octanol–water partition coefficient (Wildman–Crippen LogP) is 1.43. The van der Waals surface area contributed by atoms with Crippen molar-refractivity contribution in [2.45, 2.75) is 47.2 Å². The number of anilines is 3. The molecule has 3 N–H and O–H groups in total. The number of nitrogens with two attached hydrogens (primary N) is 1. The minimum atomic E-state index is -0.746. The van der Waals surface area contributed by atoms with Crippen molar-refractivity contribution >= 4 is 45.7 Å². The van der Waals surface area contributed by atoms with E-state index in [-0.39, 0.29) is 46.7 Å². The van der Waals surface area contributed by atoms with Gasteiger partial charge in [-0.3, -0.25) is 14.2 Å². The monoisotopic (exact) mass is 509 g/mol. The van der Waals surface area contributed by atoms with Gasteiger partial charge in [-0.1, -0.05) is 6.92 Å². The molecule has 0 aliphatic carbocycles. The first kappa shape index (κ1) is 27.6. The molecular formula is C22H31N5O7S. The second-order valence-corrected chi connectivity index (χ2v) is 8.72. The van der Waals surface area contributed by atoms with Crippen LogP contribution in [0.1, 0.15) is 52.8 Å². The van der Waals surface area contributed by atoms with Crippen molar-refractivity contribution in [1.82, 2.24) is 9.13 Å². The maximum Gasteiger partial charge on any atom is 0.348 e. The number of thiophene rings is 1. The van der Waals surface area contributed by atoms with Gasteiger partial charge in [-0.2, -0.15) is 0 Å². The molecule has 2 rings (SSSR count). The molecule has 0 fully saturated rings. The summed E-state index contributed by atoms with van der Waals surface area (Å²) in [5, 5.41) is 2.60.